The van der Waals surface area contributed by atoms with E-state index in [1.165, 1.54) is 37.8 Å². The minimum atomic E-state index is -1.07. The number of nitrogens with zero attached hydrogens (tertiary/aromatic N) is 1. The van der Waals surface area contributed by atoms with E-state index in [4.69, 9.17) is 9.15 Å². The Balaban J connectivity index is 1.90. The summed E-state index contributed by atoms with van der Waals surface area (Å²) in [7, 11) is 1.46. The van der Waals surface area contributed by atoms with Crippen LogP contribution in [0.25, 0.3) is 11.5 Å². The Labute approximate surface area is 149 Å². The topological polar surface area (TPSA) is 102 Å². The third-order valence-electron chi connectivity index (χ3n) is 3.74. The van der Waals surface area contributed by atoms with Crippen molar-refractivity contribution in [2.75, 3.05) is 12.4 Å². The maximum absolute atomic E-state index is 12.6. The molecule has 7 nitrogen and oxygen atoms in total. The van der Waals surface area contributed by atoms with Crippen LogP contribution in [0.15, 0.2) is 59.3 Å². The van der Waals surface area contributed by atoms with Gasteiger partial charge in [0, 0.05) is 12.7 Å². The number of hydrogen-bond acceptors (Lipinski definition) is 5. The Morgan fingerprint density at radius 3 is 2.73 bits per heavy atom. The number of anilines is 1. The van der Waals surface area contributed by atoms with Gasteiger partial charge >= 0.3 is 5.97 Å². The lowest BCUT2D eigenvalue weighted by Crippen LogP contribution is -2.14. The monoisotopic (exact) mass is 352 g/mol. The zero-order chi connectivity index (χ0) is 18.5. The molecule has 0 spiro atoms. The SMILES string of the molecule is COCc1cc(C(=O)Nc2ccccc2-c2ncco2)ccc1C(=O)O. The van der Waals surface area contributed by atoms with Gasteiger partial charge < -0.3 is 19.6 Å². The summed E-state index contributed by atoms with van der Waals surface area (Å²) in [5.41, 5.74) is 2.03. The summed E-state index contributed by atoms with van der Waals surface area (Å²) in [6.45, 7) is 0.0929. The summed E-state index contributed by atoms with van der Waals surface area (Å²) in [4.78, 5) is 28.0. The van der Waals surface area contributed by atoms with E-state index in [1.54, 1.807) is 18.2 Å². The number of oxazole rings is 1. The van der Waals surface area contributed by atoms with Crippen LogP contribution >= 0.6 is 0 Å². The molecule has 0 radical (unpaired) electrons. The molecule has 7 heteroatoms. The molecule has 0 aliphatic heterocycles. The number of amides is 1. The van der Waals surface area contributed by atoms with Gasteiger partial charge in [-0.2, -0.15) is 0 Å². The largest absolute Gasteiger partial charge is 0.478 e. The summed E-state index contributed by atoms with van der Waals surface area (Å²) >= 11 is 0. The molecule has 0 bridgehead atoms. The van der Waals surface area contributed by atoms with Crippen molar-refractivity contribution >= 4 is 17.6 Å². The number of para-hydroxylation sites is 1. The number of ether oxygens (including phenoxy) is 1. The first-order chi connectivity index (χ1) is 12.6. The Hall–Kier alpha value is -3.45. The number of carbonyl (C=O) groups excluding carboxylic acids is 1. The van der Waals surface area contributed by atoms with Gasteiger partial charge in [0.2, 0.25) is 5.89 Å². The van der Waals surface area contributed by atoms with Crippen molar-refractivity contribution in [3.63, 3.8) is 0 Å². The highest BCUT2D eigenvalue weighted by Gasteiger charge is 2.16. The zero-order valence-electron chi connectivity index (χ0n) is 13.9. The van der Waals surface area contributed by atoms with Crippen LogP contribution in [-0.4, -0.2) is 29.1 Å². The van der Waals surface area contributed by atoms with Crippen LogP contribution in [0.1, 0.15) is 26.3 Å². The molecule has 0 aliphatic carbocycles. The van der Waals surface area contributed by atoms with E-state index in [9.17, 15) is 14.7 Å². The van der Waals surface area contributed by atoms with E-state index in [-0.39, 0.29) is 18.1 Å². The second kappa shape index (κ2) is 7.62. The number of hydrogen-bond donors (Lipinski definition) is 2. The fraction of sp³-hybridized carbons (Fsp3) is 0.105. The van der Waals surface area contributed by atoms with E-state index in [0.717, 1.165) is 0 Å². The standard InChI is InChI=1S/C19H16N2O5/c1-25-11-13-10-12(6-7-14(13)19(23)24)17(22)21-16-5-3-2-4-15(16)18-20-8-9-26-18/h2-10H,11H2,1H3,(H,21,22)(H,23,24). The van der Waals surface area contributed by atoms with Crippen molar-refractivity contribution in [1.82, 2.24) is 4.98 Å². The van der Waals surface area contributed by atoms with Gasteiger partial charge in [-0.3, -0.25) is 4.79 Å². The highest BCUT2D eigenvalue weighted by molar-refractivity contribution is 6.06. The number of benzene rings is 2. The summed E-state index contributed by atoms with van der Waals surface area (Å²) < 4.78 is 10.3. The number of carboxylic acid groups (broad SMARTS) is 1. The minimum absolute atomic E-state index is 0.0929. The van der Waals surface area contributed by atoms with E-state index in [2.05, 4.69) is 10.3 Å². The minimum Gasteiger partial charge on any atom is -0.478 e. The molecule has 3 rings (SSSR count). The first-order valence-corrected chi connectivity index (χ1v) is 7.75. The van der Waals surface area contributed by atoms with E-state index in [0.29, 0.717) is 28.3 Å². The molecule has 1 amide bonds. The van der Waals surface area contributed by atoms with Gasteiger partial charge in [-0.15, -0.1) is 0 Å². The highest BCUT2D eigenvalue weighted by atomic mass is 16.5. The second-order valence-electron chi connectivity index (χ2n) is 5.45. The van der Waals surface area contributed by atoms with Crippen molar-refractivity contribution in [2.45, 2.75) is 6.61 Å². The van der Waals surface area contributed by atoms with Gasteiger partial charge in [-0.1, -0.05) is 12.1 Å². The zero-order valence-corrected chi connectivity index (χ0v) is 13.9. The average Bonchev–Trinajstić information content (AvgIpc) is 3.16. The normalized spacial score (nSPS) is 10.5. The van der Waals surface area contributed by atoms with Crippen LogP contribution in [-0.2, 0) is 11.3 Å². The fourth-order valence-corrected chi connectivity index (χ4v) is 2.55. The number of carboxylic acids is 1. The van der Waals surface area contributed by atoms with Gasteiger partial charge in [0.1, 0.15) is 6.26 Å². The number of aromatic carboxylic acids is 1. The third kappa shape index (κ3) is 3.62. The molecule has 0 unspecified atom stereocenters. The number of methoxy groups -OCH3 is 1. The van der Waals surface area contributed by atoms with Gasteiger partial charge in [0.15, 0.2) is 0 Å². The van der Waals surface area contributed by atoms with Crippen molar-refractivity contribution < 1.29 is 23.8 Å². The lowest BCUT2D eigenvalue weighted by atomic mass is 10.0. The molecule has 0 atom stereocenters. The van der Waals surface area contributed by atoms with Crippen molar-refractivity contribution in [1.29, 1.82) is 0 Å². The van der Waals surface area contributed by atoms with Gasteiger partial charge in [0.05, 0.1) is 29.6 Å². The van der Waals surface area contributed by atoms with Crippen LogP contribution in [0, 0.1) is 0 Å². The first kappa shape index (κ1) is 17.4. The average molecular weight is 352 g/mol. The molecule has 26 heavy (non-hydrogen) atoms. The Bertz CT molecular complexity index is 935. The van der Waals surface area contributed by atoms with E-state index in [1.807, 2.05) is 6.07 Å². The van der Waals surface area contributed by atoms with E-state index >= 15 is 0 Å². The lowest BCUT2D eigenvalue weighted by molar-refractivity contribution is 0.0691. The third-order valence-corrected chi connectivity index (χ3v) is 3.74. The number of aromatic nitrogens is 1. The molecular weight excluding hydrogens is 336 g/mol. The summed E-state index contributed by atoms with van der Waals surface area (Å²) in [5.74, 6) is -1.06. The molecule has 0 fully saturated rings. The smallest absolute Gasteiger partial charge is 0.336 e. The molecule has 1 heterocycles. The molecule has 1 aromatic heterocycles. The van der Waals surface area contributed by atoms with E-state index < -0.39 is 5.97 Å². The predicted molar refractivity (Wildman–Crippen MR) is 94.0 cm³/mol. The molecule has 132 valence electrons. The maximum atomic E-state index is 12.6. The molecular formula is C19H16N2O5. The Morgan fingerprint density at radius 2 is 2.04 bits per heavy atom. The number of rotatable bonds is 6. The molecule has 0 saturated carbocycles. The van der Waals surface area contributed by atoms with Crippen LogP contribution in [0.4, 0.5) is 5.69 Å². The van der Waals surface area contributed by atoms with Crippen LogP contribution in [0.2, 0.25) is 0 Å². The van der Waals surface area contributed by atoms with Crippen molar-refractivity contribution in [3.8, 4) is 11.5 Å². The Kier molecular flexibility index (Phi) is 5.09. The number of carbonyl (C=O) groups is 2. The van der Waals surface area contributed by atoms with Crippen LogP contribution in [0.5, 0.6) is 0 Å². The Morgan fingerprint density at radius 1 is 1.23 bits per heavy atom. The molecule has 3 aromatic rings. The van der Waals surface area contributed by atoms with Crippen LogP contribution < -0.4 is 5.32 Å². The summed E-state index contributed by atoms with van der Waals surface area (Å²) in [6, 6.07) is 11.5. The van der Waals surface area contributed by atoms with Gasteiger partial charge in [-0.05, 0) is 35.9 Å². The quantitative estimate of drug-likeness (QED) is 0.705. The molecule has 2 aromatic carbocycles. The van der Waals surface area contributed by atoms with Crippen molar-refractivity contribution in [3.05, 3.63) is 71.6 Å². The summed E-state index contributed by atoms with van der Waals surface area (Å²) in [5, 5.41) is 12.0. The first-order valence-electron chi connectivity index (χ1n) is 7.75. The van der Waals surface area contributed by atoms with Gasteiger partial charge in [0.25, 0.3) is 5.91 Å². The number of nitrogens with one attached hydrogen (secondary N) is 1. The maximum Gasteiger partial charge on any atom is 0.336 e. The molecule has 0 saturated heterocycles. The van der Waals surface area contributed by atoms with Crippen LogP contribution in [0.3, 0.4) is 0 Å². The predicted octanol–water partition coefficient (Wildman–Crippen LogP) is 3.44. The molecule has 0 aliphatic rings. The van der Waals surface area contributed by atoms with Crippen molar-refractivity contribution in [2.24, 2.45) is 0 Å². The fourth-order valence-electron chi connectivity index (χ4n) is 2.55. The summed E-state index contributed by atoms with van der Waals surface area (Å²) in [6.07, 6.45) is 2.98. The molecule has 2 N–H and O–H groups in total. The lowest BCUT2D eigenvalue weighted by Gasteiger charge is -2.11. The highest BCUT2D eigenvalue weighted by Crippen LogP contribution is 2.27. The van der Waals surface area contributed by atoms with Gasteiger partial charge in [-0.25, -0.2) is 9.78 Å². The second-order valence-corrected chi connectivity index (χ2v) is 5.45.